The second kappa shape index (κ2) is 13.3. The molecule has 0 bridgehead atoms. The average molecular weight is 508 g/mol. The highest BCUT2D eigenvalue weighted by Crippen LogP contribution is 2.29. The second-order valence-corrected chi connectivity index (χ2v) is 9.85. The number of nitrogens with one attached hydrogen (secondary N) is 1. The molecule has 0 spiro atoms. The fourth-order valence-electron chi connectivity index (χ4n) is 3.99. The van der Waals surface area contributed by atoms with E-state index in [0.717, 1.165) is 49.2 Å². The SMILES string of the molecule is CC(C)Oc1cccc(C(C)C(=O)NCC(CCOC2CCCCO2)c2ccc(Cl)c(Cl)c2)c1. The maximum Gasteiger partial charge on any atom is 0.227 e. The predicted octanol–water partition coefficient (Wildman–Crippen LogP) is 6.72. The fraction of sp³-hybridized carbons (Fsp3) is 0.519. The van der Waals surface area contributed by atoms with Crippen LogP contribution in [0.15, 0.2) is 42.5 Å². The van der Waals surface area contributed by atoms with Crippen molar-refractivity contribution >= 4 is 29.1 Å². The van der Waals surface area contributed by atoms with Crippen LogP contribution in [-0.2, 0) is 14.3 Å². The first-order valence-electron chi connectivity index (χ1n) is 12.1. The van der Waals surface area contributed by atoms with E-state index >= 15 is 0 Å². The molecule has 186 valence electrons. The van der Waals surface area contributed by atoms with Crippen molar-refractivity contribution in [3.63, 3.8) is 0 Å². The Hall–Kier alpha value is -1.79. The van der Waals surface area contributed by atoms with E-state index in [9.17, 15) is 4.79 Å². The summed E-state index contributed by atoms with van der Waals surface area (Å²) in [7, 11) is 0. The van der Waals surface area contributed by atoms with Gasteiger partial charge in [-0.2, -0.15) is 0 Å². The molecule has 1 heterocycles. The topological polar surface area (TPSA) is 56.8 Å². The molecule has 2 aromatic rings. The van der Waals surface area contributed by atoms with Crippen molar-refractivity contribution in [1.29, 1.82) is 0 Å². The molecule has 2 aromatic carbocycles. The van der Waals surface area contributed by atoms with Crippen LogP contribution in [0.25, 0.3) is 0 Å². The van der Waals surface area contributed by atoms with Gasteiger partial charge in [0.2, 0.25) is 5.91 Å². The number of hydrogen-bond donors (Lipinski definition) is 1. The number of ether oxygens (including phenoxy) is 3. The molecule has 0 radical (unpaired) electrons. The molecule has 1 N–H and O–H groups in total. The Morgan fingerprint density at radius 1 is 1.09 bits per heavy atom. The fourth-order valence-corrected chi connectivity index (χ4v) is 4.30. The van der Waals surface area contributed by atoms with Crippen LogP contribution in [-0.4, -0.2) is 38.1 Å². The lowest BCUT2D eigenvalue weighted by Crippen LogP contribution is -2.32. The smallest absolute Gasteiger partial charge is 0.227 e. The van der Waals surface area contributed by atoms with Crippen molar-refractivity contribution in [2.24, 2.45) is 0 Å². The number of hydrogen-bond acceptors (Lipinski definition) is 4. The third-order valence-corrected chi connectivity index (χ3v) is 6.71. The molecule has 0 aliphatic carbocycles. The van der Waals surface area contributed by atoms with Gasteiger partial charge in [0.25, 0.3) is 0 Å². The van der Waals surface area contributed by atoms with Crippen molar-refractivity contribution in [1.82, 2.24) is 5.32 Å². The zero-order chi connectivity index (χ0) is 24.5. The lowest BCUT2D eigenvalue weighted by atomic mass is 9.95. The quantitative estimate of drug-likeness (QED) is 0.366. The Kier molecular flexibility index (Phi) is 10.5. The van der Waals surface area contributed by atoms with E-state index in [1.165, 1.54) is 0 Å². The summed E-state index contributed by atoms with van der Waals surface area (Å²) in [5, 5.41) is 4.13. The number of benzene rings is 2. The monoisotopic (exact) mass is 507 g/mol. The molecule has 3 rings (SSSR count). The van der Waals surface area contributed by atoms with Crippen LogP contribution in [0, 0.1) is 0 Å². The minimum atomic E-state index is -0.308. The summed E-state index contributed by atoms with van der Waals surface area (Å²) in [6.45, 7) is 7.62. The van der Waals surface area contributed by atoms with Gasteiger partial charge in [-0.25, -0.2) is 0 Å². The molecule has 1 aliphatic rings. The normalized spacial score (nSPS) is 17.9. The van der Waals surface area contributed by atoms with Gasteiger partial charge in [-0.05, 0) is 81.8 Å². The largest absolute Gasteiger partial charge is 0.491 e. The van der Waals surface area contributed by atoms with Gasteiger partial charge in [-0.15, -0.1) is 0 Å². The molecule has 1 amide bonds. The third kappa shape index (κ3) is 8.16. The van der Waals surface area contributed by atoms with Crippen LogP contribution in [0.3, 0.4) is 0 Å². The number of halogens is 2. The van der Waals surface area contributed by atoms with Crippen LogP contribution >= 0.6 is 23.2 Å². The zero-order valence-electron chi connectivity index (χ0n) is 20.2. The summed E-state index contributed by atoms with van der Waals surface area (Å²) in [5.41, 5.74) is 1.93. The zero-order valence-corrected chi connectivity index (χ0v) is 21.7. The Balaban J connectivity index is 1.62. The van der Waals surface area contributed by atoms with Gasteiger partial charge in [-0.3, -0.25) is 4.79 Å². The molecule has 5 nitrogen and oxygen atoms in total. The van der Waals surface area contributed by atoms with Gasteiger partial charge in [0.15, 0.2) is 6.29 Å². The van der Waals surface area contributed by atoms with E-state index in [0.29, 0.717) is 23.2 Å². The van der Waals surface area contributed by atoms with Crippen molar-refractivity contribution in [2.45, 2.75) is 70.7 Å². The molecule has 34 heavy (non-hydrogen) atoms. The van der Waals surface area contributed by atoms with Gasteiger partial charge in [0, 0.05) is 19.1 Å². The van der Waals surface area contributed by atoms with Crippen LogP contribution in [0.1, 0.15) is 69.4 Å². The van der Waals surface area contributed by atoms with E-state index in [2.05, 4.69) is 5.32 Å². The van der Waals surface area contributed by atoms with Crippen molar-refractivity contribution in [3.05, 3.63) is 63.6 Å². The maximum atomic E-state index is 13.0. The first kappa shape index (κ1) is 26.8. The maximum absolute atomic E-state index is 13.0. The van der Waals surface area contributed by atoms with Gasteiger partial charge < -0.3 is 19.5 Å². The van der Waals surface area contributed by atoms with E-state index in [4.69, 9.17) is 37.4 Å². The van der Waals surface area contributed by atoms with Crippen LogP contribution in [0.2, 0.25) is 10.0 Å². The first-order valence-corrected chi connectivity index (χ1v) is 12.8. The molecular weight excluding hydrogens is 473 g/mol. The summed E-state index contributed by atoms with van der Waals surface area (Å²) in [6.07, 6.45) is 3.79. The molecule has 3 unspecified atom stereocenters. The van der Waals surface area contributed by atoms with Crippen LogP contribution in [0.5, 0.6) is 5.75 Å². The van der Waals surface area contributed by atoms with Gasteiger partial charge >= 0.3 is 0 Å². The lowest BCUT2D eigenvalue weighted by Gasteiger charge is -2.25. The number of carbonyl (C=O) groups excluding carboxylic acids is 1. The van der Waals surface area contributed by atoms with E-state index in [1.807, 2.05) is 57.2 Å². The summed E-state index contributed by atoms with van der Waals surface area (Å²) in [4.78, 5) is 13.0. The average Bonchev–Trinajstić information content (AvgIpc) is 2.83. The van der Waals surface area contributed by atoms with Gasteiger partial charge in [0.05, 0.1) is 28.7 Å². The van der Waals surface area contributed by atoms with Crippen LogP contribution in [0.4, 0.5) is 0 Å². The summed E-state index contributed by atoms with van der Waals surface area (Å²) in [6, 6.07) is 13.3. The minimum absolute atomic E-state index is 0.0325. The Morgan fingerprint density at radius 2 is 1.91 bits per heavy atom. The summed E-state index contributed by atoms with van der Waals surface area (Å²) in [5.74, 6) is 0.452. The summed E-state index contributed by atoms with van der Waals surface area (Å²) < 4.78 is 17.4. The van der Waals surface area contributed by atoms with Crippen LogP contribution < -0.4 is 10.1 Å². The number of carbonyl (C=O) groups is 1. The van der Waals surface area contributed by atoms with E-state index in [-0.39, 0.29) is 30.1 Å². The Labute approximate surface area is 213 Å². The highest BCUT2D eigenvalue weighted by atomic mass is 35.5. The number of amides is 1. The minimum Gasteiger partial charge on any atom is -0.491 e. The molecule has 0 aromatic heterocycles. The van der Waals surface area contributed by atoms with Crippen molar-refractivity contribution < 1.29 is 19.0 Å². The molecule has 7 heteroatoms. The van der Waals surface area contributed by atoms with Gasteiger partial charge in [0.1, 0.15) is 5.75 Å². The molecule has 1 saturated heterocycles. The predicted molar refractivity (Wildman–Crippen MR) is 137 cm³/mol. The molecule has 0 saturated carbocycles. The molecule has 1 aliphatic heterocycles. The third-order valence-electron chi connectivity index (χ3n) is 5.97. The molecule has 3 atom stereocenters. The second-order valence-electron chi connectivity index (χ2n) is 9.03. The van der Waals surface area contributed by atoms with E-state index < -0.39 is 0 Å². The standard InChI is InChI=1S/C27H35Cl2NO4/c1-18(2)34-23-8-6-7-20(15-23)19(3)27(31)30-17-22(21-10-11-24(28)25(29)16-21)12-14-33-26-9-4-5-13-32-26/h6-8,10-11,15-16,18-19,22,26H,4-5,9,12-14,17H2,1-3H3,(H,30,31). The highest BCUT2D eigenvalue weighted by Gasteiger charge is 2.21. The van der Waals surface area contributed by atoms with E-state index in [1.54, 1.807) is 6.07 Å². The number of rotatable bonds is 11. The van der Waals surface area contributed by atoms with Crippen molar-refractivity contribution in [2.75, 3.05) is 19.8 Å². The Bertz CT molecular complexity index is 931. The first-order chi connectivity index (χ1) is 16.3. The van der Waals surface area contributed by atoms with Crippen molar-refractivity contribution in [3.8, 4) is 5.75 Å². The summed E-state index contributed by atoms with van der Waals surface area (Å²) >= 11 is 12.4. The highest BCUT2D eigenvalue weighted by molar-refractivity contribution is 6.42. The molecule has 1 fully saturated rings. The lowest BCUT2D eigenvalue weighted by molar-refractivity contribution is -0.163. The molecular formula is C27H35Cl2NO4. The van der Waals surface area contributed by atoms with Gasteiger partial charge in [-0.1, -0.05) is 41.4 Å². The Morgan fingerprint density at radius 3 is 2.62 bits per heavy atom.